The minimum absolute atomic E-state index is 0.169. The Morgan fingerprint density at radius 1 is 1.11 bits per heavy atom. The third-order valence-electron chi connectivity index (χ3n) is 3.78. The summed E-state index contributed by atoms with van der Waals surface area (Å²) in [7, 11) is 0. The van der Waals surface area contributed by atoms with E-state index >= 15 is 0 Å². The first-order valence-corrected chi connectivity index (χ1v) is 8.47. The van der Waals surface area contributed by atoms with Gasteiger partial charge in [-0.05, 0) is 29.9 Å². The van der Waals surface area contributed by atoms with Crippen molar-refractivity contribution >= 4 is 35.3 Å². The maximum atomic E-state index is 11.8. The third kappa shape index (κ3) is 2.48. The van der Waals surface area contributed by atoms with Crippen LogP contribution in [0.15, 0.2) is 12.2 Å². The van der Waals surface area contributed by atoms with Crippen molar-refractivity contribution in [3.8, 4) is 0 Å². The number of carbonyl (C=O) groups is 2. The zero-order valence-corrected chi connectivity index (χ0v) is 11.7. The lowest BCUT2D eigenvalue weighted by Crippen LogP contribution is -2.30. The predicted molar refractivity (Wildman–Crippen MR) is 73.6 cm³/mol. The van der Waals surface area contributed by atoms with E-state index in [0.29, 0.717) is 29.1 Å². The lowest BCUT2D eigenvalue weighted by Gasteiger charge is -2.31. The molecular formula is C13H16O3S2. The lowest BCUT2D eigenvalue weighted by atomic mass is 9.92. The standard InChI is InChI=1S/C13H16O3S2/c14-8-6-9(11-2-3-12(15)16-11)10(7-8)13-17-4-1-5-18-13/h2-3,9-11,13H,1,4-7H2/t9-,10-,11-/m1/s1. The predicted octanol–water partition coefficient (Wildman–Crippen LogP) is 2.26. The topological polar surface area (TPSA) is 43.4 Å². The van der Waals surface area contributed by atoms with Gasteiger partial charge in [0, 0.05) is 24.8 Å². The molecule has 5 heteroatoms. The van der Waals surface area contributed by atoms with Gasteiger partial charge in [-0.15, -0.1) is 23.5 Å². The second-order valence-corrected chi connectivity index (χ2v) is 7.80. The Morgan fingerprint density at radius 2 is 1.83 bits per heavy atom. The Kier molecular flexibility index (Phi) is 3.71. The van der Waals surface area contributed by atoms with Crippen molar-refractivity contribution in [2.24, 2.45) is 11.8 Å². The van der Waals surface area contributed by atoms with E-state index in [0.717, 1.165) is 0 Å². The van der Waals surface area contributed by atoms with Gasteiger partial charge in [-0.25, -0.2) is 4.79 Å². The van der Waals surface area contributed by atoms with Gasteiger partial charge in [0.25, 0.3) is 0 Å². The number of ketones is 1. The molecule has 3 nitrogen and oxygen atoms in total. The summed E-state index contributed by atoms with van der Waals surface area (Å²) in [5.41, 5.74) is 0. The first kappa shape index (κ1) is 12.6. The van der Waals surface area contributed by atoms with E-state index in [4.69, 9.17) is 4.74 Å². The number of hydrogen-bond donors (Lipinski definition) is 0. The molecule has 0 bridgehead atoms. The van der Waals surface area contributed by atoms with E-state index in [1.54, 1.807) is 0 Å². The minimum atomic E-state index is -0.262. The molecule has 0 radical (unpaired) electrons. The number of ether oxygens (including phenoxy) is 1. The molecule has 2 fully saturated rings. The smallest absolute Gasteiger partial charge is 0.331 e. The average molecular weight is 284 g/mol. The second-order valence-electron chi connectivity index (χ2n) is 5.00. The zero-order chi connectivity index (χ0) is 12.5. The van der Waals surface area contributed by atoms with Crippen molar-refractivity contribution < 1.29 is 14.3 Å². The van der Waals surface area contributed by atoms with Gasteiger partial charge in [-0.2, -0.15) is 0 Å². The van der Waals surface area contributed by atoms with E-state index < -0.39 is 0 Å². The molecule has 0 aromatic rings. The molecule has 1 saturated carbocycles. The molecule has 0 N–H and O–H groups in total. The van der Waals surface area contributed by atoms with Gasteiger partial charge in [0.05, 0.1) is 4.58 Å². The first-order chi connectivity index (χ1) is 8.74. The molecule has 2 aliphatic heterocycles. The number of esters is 1. The molecule has 2 heterocycles. The Balaban J connectivity index is 1.72. The zero-order valence-electron chi connectivity index (χ0n) is 10.0. The minimum Gasteiger partial charge on any atom is -0.455 e. The van der Waals surface area contributed by atoms with Crippen LogP contribution in [0.4, 0.5) is 0 Å². The van der Waals surface area contributed by atoms with Crippen LogP contribution in [0.5, 0.6) is 0 Å². The average Bonchev–Trinajstić information content (AvgIpc) is 2.96. The number of hydrogen-bond acceptors (Lipinski definition) is 5. The number of thioether (sulfide) groups is 2. The fourth-order valence-corrected chi connectivity index (χ4v) is 6.26. The van der Waals surface area contributed by atoms with Crippen LogP contribution in [0.2, 0.25) is 0 Å². The lowest BCUT2D eigenvalue weighted by molar-refractivity contribution is -0.141. The molecule has 3 atom stereocenters. The van der Waals surface area contributed by atoms with Gasteiger partial charge in [0.2, 0.25) is 0 Å². The fourth-order valence-electron chi connectivity index (χ4n) is 2.94. The summed E-state index contributed by atoms with van der Waals surface area (Å²) in [4.78, 5) is 22.9. The van der Waals surface area contributed by atoms with E-state index in [1.165, 1.54) is 24.0 Å². The van der Waals surface area contributed by atoms with E-state index in [2.05, 4.69) is 0 Å². The van der Waals surface area contributed by atoms with Crippen LogP contribution in [-0.2, 0) is 14.3 Å². The monoisotopic (exact) mass is 284 g/mol. The highest BCUT2D eigenvalue weighted by Gasteiger charge is 2.44. The van der Waals surface area contributed by atoms with E-state index in [1.807, 2.05) is 29.6 Å². The van der Waals surface area contributed by atoms with Gasteiger partial charge in [0.1, 0.15) is 11.9 Å². The van der Waals surface area contributed by atoms with Crippen molar-refractivity contribution in [3.63, 3.8) is 0 Å². The molecule has 0 aromatic carbocycles. The molecular weight excluding hydrogens is 268 g/mol. The second kappa shape index (κ2) is 5.29. The Hall–Kier alpha value is -0.420. The SMILES string of the molecule is O=C1C[C@@H]([C@H]2C=CC(=O)O2)[C@H](C2SCCCS2)C1. The van der Waals surface area contributed by atoms with Gasteiger partial charge < -0.3 is 4.74 Å². The van der Waals surface area contributed by atoms with Crippen LogP contribution in [0.3, 0.4) is 0 Å². The summed E-state index contributed by atoms with van der Waals surface area (Å²) < 4.78 is 5.80. The van der Waals surface area contributed by atoms with Crippen LogP contribution in [0.1, 0.15) is 19.3 Å². The van der Waals surface area contributed by atoms with Crippen LogP contribution >= 0.6 is 23.5 Å². The Bertz CT molecular complexity index is 388. The first-order valence-electron chi connectivity index (χ1n) is 6.38. The largest absolute Gasteiger partial charge is 0.455 e. The molecule has 1 saturated heterocycles. The highest BCUT2D eigenvalue weighted by molar-refractivity contribution is 8.17. The van der Waals surface area contributed by atoms with Crippen LogP contribution in [0, 0.1) is 11.8 Å². The summed E-state index contributed by atoms with van der Waals surface area (Å²) in [6, 6.07) is 0. The van der Waals surface area contributed by atoms with Gasteiger partial charge in [-0.3, -0.25) is 4.79 Å². The van der Waals surface area contributed by atoms with Gasteiger partial charge in [0.15, 0.2) is 0 Å². The fraction of sp³-hybridized carbons (Fsp3) is 0.692. The molecule has 0 spiro atoms. The van der Waals surface area contributed by atoms with Gasteiger partial charge in [-0.1, -0.05) is 0 Å². The van der Waals surface area contributed by atoms with Crippen LogP contribution in [0.25, 0.3) is 0 Å². The molecule has 98 valence electrons. The summed E-state index contributed by atoms with van der Waals surface area (Å²) in [5.74, 6) is 3.01. The van der Waals surface area contributed by atoms with Crippen molar-refractivity contribution in [1.29, 1.82) is 0 Å². The third-order valence-corrected chi connectivity index (χ3v) is 7.00. The number of Topliss-reactive ketones (excluding diaryl/α,β-unsaturated/α-hetero) is 1. The molecule has 3 rings (SSSR count). The Labute approximate surface area is 115 Å². The molecule has 0 amide bonds. The number of rotatable bonds is 2. The highest BCUT2D eigenvalue weighted by atomic mass is 32.2. The summed E-state index contributed by atoms with van der Waals surface area (Å²) in [6.45, 7) is 0. The molecule has 0 aromatic heterocycles. The summed E-state index contributed by atoms with van der Waals surface area (Å²) in [5, 5.41) is 0. The van der Waals surface area contributed by atoms with Crippen molar-refractivity contribution in [2.45, 2.75) is 29.9 Å². The highest BCUT2D eigenvalue weighted by Crippen LogP contribution is 2.46. The van der Waals surface area contributed by atoms with Crippen LogP contribution < -0.4 is 0 Å². The molecule has 3 aliphatic rings. The Morgan fingerprint density at radius 3 is 2.50 bits per heavy atom. The normalized spacial score (nSPS) is 37.2. The van der Waals surface area contributed by atoms with E-state index in [9.17, 15) is 9.59 Å². The molecule has 1 aliphatic carbocycles. The number of cyclic esters (lactones) is 1. The summed E-state index contributed by atoms with van der Waals surface area (Å²) >= 11 is 3.94. The maximum Gasteiger partial charge on any atom is 0.331 e. The summed E-state index contributed by atoms with van der Waals surface area (Å²) in [6.07, 6.45) is 5.65. The quantitative estimate of drug-likeness (QED) is 0.728. The van der Waals surface area contributed by atoms with Gasteiger partial charge >= 0.3 is 5.97 Å². The van der Waals surface area contributed by atoms with Crippen LogP contribution in [-0.4, -0.2) is 33.9 Å². The van der Waals surface area contributed by atoms with Crippen molar-refractivity contribution in [3.05, 3.63) is 12.2 Å². The van der Waals surface area contributed by atoms with Crippen molar-refractivity contribution in [2.75, 3.05) is 11.5 Å². The van der Waals surface area contributed by atoms with Crippen molar-refractivity contribution in [1.82, 2.24) is 0 Å². The molecule has 0 unspecified atom stereocenters. The van der Waals surface area contributed by atoms with E-state index in [-0.39, 0.29) is 18.0 Å². The number of carbonyl (C=O) groups excluding carboxylic acids is 2. The molecule has 18 heavy (non-hydrogen) atoms. The maximum absolute atomic E-state index is 11.8.